The summed E-state index contributed by atoms with van der Waals surface area (Å²) in [7, 11) is 1.91. The fourth-order valence-corrected chi connectivity index (χ4v) is 2.25. The van der Waals surface area contributed by atoms with E-state index in [2.05, 4.69) is 0 Å². The van der Waals surface area contributed by atoms with Crippen LogP contribution in [0.5, 0.6) is 0 Å². The minimum atomic E-state index is 0.127. The highest BCUT2D eigenvalue weighted by atomic mass is 32.2. The van der Waals surface area contributed by atoms with Crippen LogP contribution in [-0.4, -0.2) is 30.5 Å². The number of furan rings is 1. The van der Waals surface area contributed by atoms with E-state index in [4.69, 9.17) is 4.42 Å². The summed E-state index contributed by atoms with van der Waals surface area (Å²) in [6.45, 7) is 1.03. The number of hydrogen-bond acceptors (Lipinski definition) is 4. The van der Waals surface area contributed by atoms with Gasteiger partial charge >= 0.3 is 0 Å². The third-order valence-corrected chi connectivity index (χ3v) is 3.57. The second kappa shape index (κ2) is 6.59. The summed E-state index contributed by atoms with van der Waals surface area (Å²) >= 11 is 1.67. The molecule has 0 saturated carbocycles. The van der Waals surface area contributed by atoms with E-state index in [0.29, 0.717) is 13.1 Å². The number of ketones is 1. The lowest BCUT2D eigenvalue weighted by molar-refractivity contribution is 0.0939. The standard InChI is InChI=1S/C15H17NO2S/c1-16(10-13-4-3-9-18-13)11-15(17)12-5-7-14(19-2)8-6-12/h3-9H,10-11H2,1-2H3. The summed E-state index contributed by atoms with van der Waals surface area (Å²) in [5.74, 6) is 0.995. The molecular weight excluding hydrogens is 258 g/mol. The third-order valence-electron chi connectivity index (χ3n) is 2.83. The van der Waals surface area contributed by atoms with E-state index in [1.165, 1.54) is 4.90 Å². The van der Waals surface area contributed by atoms with Crippen molar-refractivity contribution in [2.45, 2.75) is 11.4 Å². The molecule has 0 saturated heterocycles. The number of Topliss-reactive ketones (excluding diaryl/α,β-unsaturated/α-hetero) is 1. The lowest BCUT2D eigenvalue weighted by Crippen LogP contribution is -2.25. The predicted molar refractivity (Wildman–Crippen MR) is 77.6 cm³/mol. The molecule has 2 aromatic rings. The monoisotopic (exact) mass is 275 g/mol. The van der Waals surface area contributed by atoms with Gasteiger partial charge in [0.05, 0.1) is 19.4 Å². The largest absolute Gasteiger partial charge is 0.468 e. The van der Waals surface area contributed by atoms with Crippen LogP contribution in [0.1, 0.15) is 16.1 Å². The number of carbonyl (C=O) groups is 1. The van der Waals surface area contributed by atoms with E-state index in [1.807, 2.05) is 54.6 Å². The van der Waals surface area contributed by atoms with Gasteiger partial charge in [0, 0.05) is 10.5 Å². The van der Waals surface area contributed by atoms with Crippen molar-refractivity contribution in [1.82, 2.24) is 4.90 Å². The highest BCUT2D eigenvalue weighted by Crippen LogP contribution is 2.15. The van der Waals surface area contributed by atoms with Gasteiger partial charge in [-0.1, -0.05) is 12.1 Å². The molecule has 0 fully saturated rings. The van der Waals surface area contributed by atoms with E-state index in [-0.39, 0.29) is 5.78 Å². The number of nitrogens with zero attached hydrogens (tertiary/aromatic N) is 1. The van der Waals surface area contributed by atoms with Gasteiger partial charge in [0.1, 0.15) is 5.76 Å². The molecule has 4 heteroatoms. The zero-order chi connectivity index (χ0) is 13.7. The molecule has 0 bridgehead atoms. The normalized spacial score (nSPS) is 10.9. The second-order valence-corrected chi connectivity index (χ2v) is 5.28. The van der Waals surface area contributed by atoms with Gasteiger partial charge in [-0.05, 0) is 37.6 Å². The lowest BCUT2D eigenvalue weighted by atomic mass is 10.1. The van der Waals surface area contributed by atoms with Crippen LogP contribution in [0.15, 0.2) is 52.0 Å². The zero-order valence-corrected chi connectivity index (χ0v) is 11.9. The molecule has 0 aliphatic carbocycles. The lowest BCUT2D eigenvalue weighted by Gasteiger charge is -2.14. The number of benzene rings is 1. The molecule has 0 N–H and O–H groups in total. The summed E-state index contributed by atoms with van der Waals surface area (Å²) in [5, 5.41) is 0. The van der Waals surface area contributed by atoms with Crippen molar-refractivity contribution >= 4 is 17.5 Å². The van der Waals surface area contributed by atoms with Crippen LogP contribution in [0.4, 0.5) is 0 Å². The van der Waals surface area contributed by atoms with Crippen LogP contribution in [0.25, 0.3) is 0 Å². The number of likely N-dealkylation sites (N-methyl/N-ethyl adjacent to an activating group) is 1. The van der Waals surface area contributed by atoms with Crippen LogP contribution in [0, 0.1) is 0 Å². The van der Waals surface area contributed by atoms with Crippen molar-refractivity contribution in [2.75, 3.05) is 19.8 Å². The predicted octanol–water partition coefficient (Wildman–Crippen LogP) is 3.32. The van der Waals surface area contributed by atoms with Crippen molar-refractivity contribution in [2.24, 2.45) is 0 Å². The summed E-state index contributed by atoms with van der Waals surface area (Å²) in [6, 6.07) is 11.5. The molecule has 0 aliphatic rings. The number of rotatable bonds is 6. The number of thioether (sulfide) groups is 1. The van der Waals surface area contributed by atoms with Crippen molar-refractivity contribution in [3.63, 3.8) is 0 Å². The molecule has 0 amide bonds. The molecule has 0 radical (unpaired) electrons. The van der Waals surface area contributed by atoms with Gasteiger partial charge in [-0.2, -0.15) is 0 Å². The Kier molecular flexibility index (Phi) is 4.82. The van der Waals surface area contributed by atoms with E-state index in [1.54, 1.807) is 18.0 Å². The van der Waals surface area contributed by atoms with Gasteiger partial charge in [-0.25, -0.2) is 0 Å². The van der Waals surface area contributed by atoms with E-state index in [0.717, 1.165) is 11.3 Å². The van der Waals surface area contributed by atoms with Gasteiger partial charge in [0.15, 0.2) is 5.78 Å². The Balaban J connectivity index is 1.92. The van der Waals surface area contributed by atoms with Crippen LogP contribution in [0.2, 0.25) is 0 Å². The van der Waals surface area contributed by atoms with Gasteiger partial charge in [-0.15, -0.1) is 11.8 Å². The summed E-state index contributed by atoms with van der Waals surface area (Å²) in [6.07, 6.45) is 3.67. The van der Waals surface area contributed by atoms with Crippen molar-refractivity contribution < 1.29 is 9.21 Å². The molecule has 3 nitrogen and oxygen atoms in total. The summed E-state index contributed by atoms with van der Waals surface area (Å²) in [4.78, 5) is 15.2. The fourth-order valence-electron chi connectivity index (χ4n) is 1.84. The van der Waals surface area contributed by atoms with Crippen LogP contribution >= 0.6 is 11.8 Å². The minimum Gasteiger partial charge on any atom is -0.468 e. The fraction of sp³-hybridized carbons (Fsp3) is 0.267. The van der Waals surface area contributed by atoms with Gasteiger partial charge in [0.2, 0.25) is 0 Å². The number of hydrogen-bond donors (Lipinski definition) is 0. The maximum atomic E-state index is 12.1. The van der Waals surface area contributed by atoms with Crippen LogP contribution in [0.3, 0.4) is 0 Å². The SMILES string of the molecule is CSc1ccc(C(=O)CN(C)Cc2ccco2)cc1. The number of carbonyl (C=O) groups excluding carboxylic acids is 1. The quantitative estimate of drug-likeness (QED) is 0.598. The summed E-state index contributed by atoms with van der Waals surface area (Å²) in [5.41, 5.74) is 0.754. The second-order valence-electron chi connectivity index (χ2n) is 4.40. The topological polar surface area (TPSA) is 33.5 Å². The maximum Gasteiger partial charge on any atom is 0.176 e. The highest BCUT2D eigenvalue weighted by Gasteiger charge is 2.10. The van der Waals surface area contributed by atoms with Crippen molar-refractivity contribution in [3.8, 4) is 0 Å². The molecule has 0 unspecified atom stereocenters. The highest BCUT2D eigenvalue weighted by molar-refractivity contribution is 7.98. The molecule has 19 heavy (non-hydrogen) atoms. The Labute approximate surface area is 117 Å². The molecule has 0 atom stereocenters. The third kappa shape index (κ3) is 3.98. The molecular formula is C15H17NO2S. The maximum absolute atomic E-state index is 12.1. The molecule has 2 rings (SSSR count). The molecule has 1 aromatic heterocycles. The molecule has 0 spiro atoms. The first kappa shape index (κ1) is 13.9. The van der Waals surface area contributed by atoms with Gasteiger partial charge < -0.3 is 4.42 Å². The Hall–Kier alpha value is -1.52. The Morgan fingerprint density at radius 1 is 1.26 bits per heavy atom. The van der Waals surface area contributed by atoms with Crippen LogP contribution < -0.4 is 0 Å². The molecule has 1 heterocycles. The molecule has 100 valence electrons. The molecule has 1 aromatic carbocycles. The Morgan fingerprint density at radius 3 is 2.58 bits per heavy atom. The van der Waals surface area contributed by atoms with Crippen LogP contribution in [-0.2, 0) is 6.54 Å². The van der Waals surface area contributed by atoms with Gasteiger partial charge in [-0.3, -0.25) is 9.69 Å². The minimum absolute atomic E-state index is 0.127. The van der Waals surface area contributed by atoms with E-state index < -0.39 is 0 Å². The van der Waals surface area contributed by atoms with E-state index in [9.17, 15) is 4.79 Å². The first-order chi connectivity index (χ1) is 9.19. The van der Waals surface area contributed by atoms with Crippen molar-refractivity contribution in [3.05, 3.63) is 54.0 Å². The Bertz CT molecular complexity index is 520. The van der Waals surface area contributed by atoms with E-state index >= 15 is 0 Å². The smallest absolute Gasteiger partial charge is 0.176 e. The van der Waals surface area contributed by atoms with Crippen molar-refractivity contribution in [1.29, 1.82) is 0 Å². The zero-order valence-electron chi connectivity index (χ0n) is 11.1. The first-order valence-corrected chi connectivity index (χ1v) is 7.29. The Morgan fingerprint density at radius 2 is 2.00 bits per heavy atom. The van der Waals surface area contributed by atoms with Gasteiger partial charge in [0.25, 0.3) is 0 Å². The molecule has 0 aliphatic heterocycles. The average molecular weight is 275 g/mol. The average Bonchev–Trinajstić information content (AvgIpc) is 2.91. The summed E-state index contributed by atoms with van der Waals surface area (Å²) < 4.78 is 5.27. The first-order valence-electron chi connectivity index (χ1n) is 6.07.